The van der Waals surface area contributed by atoms with Crippen LogP contribution in [-0.2, 0) is 10.0 Å². The van der Waals surface area contributed by atoms with Gasteiger partial charge in [0.15, 0.2) is 0 Å². The van der Waals surface area contributed by atoms with Crippen LogP contribution in [0.2, 0.25) is 0 Å². The van der Waals surface area contributed by atoms with Gasteiger partial charge in [-0.1, -0.05) is 13.0 Å². The lowest BCUT2D eigenvalue weighted by atomic mass is 10.4. The average Bonchev–Trinajstić information content (AvgIpc) is 2.04. The van der Waals surface area contributed by atoms with Gasteiger partial charge in [-0.05, 0) is 19.5 Å². The first-order valence-corrected chi connectivity index (χ1v) is 6.06. The number of hydrogen-bond acceptors (Lipinski definition) is 3. The van der Waals surface area contributed by atoms with Crippen LogP contribution < -0.4 is 10.0 Å². The minimum Gasteiger partial charge on any atom is -0.317 e. The first-order valence-electron chi connectivity index (χ1n) is 4.41. The second-order valence-corrected chi connectivity index (χ2v) is 4.52. The lowest BCUT2D eigenvalue weighted by Gasteiger charge is -2.04. The van der Waals surface area contributed by atoms with Crippen molar-refractivity contribution < 1.29 is 8.42 Å². The summed E-state index contributed by atoms with van der Waals surface area (Å²) in [6, 6.07) is 0. The van der Waals surface area contributed by atoms with Crippen LogP contribution in [0.4, 0.5) is 0 Å². The molecule has 0 aromatic rings. The average molecular weight is 206 g/mol. The third-order valence-corrected chi connectivity index (χ3v) is 2.76. The summed E-state index contributed by atoms with van der Waals surface area (Å²) in [7, 11) is -3.11. The Hall–Kier alpha value is -0.390. The number of sulfonamides is 1. The van der Waals surface area contributed by atoms with E-state index in [9.17, 15) is 8.42 Å². The van der Waals surface area contributed by atoms with Crippen molar-refractivity contribution in [3.8, 4) is 0 Å². The smallest absolute Gasteiger partial charge is 0.215 e. The minimum absolute atomic E-state index is 0.00575. The molecule has 4 nitrogen and oxygen atoms in total. The molecule has 0 saturated carbocycles. The van der Waals surface area contributed by atoms with Crippen molar-refractivity contribution in [2.45, 2.75) is 13.3 Å². The van der Waals surface area contributed by atoms with Crippen molar-refractivity contribution in [3.63, 3.8) is 0 Å². The first-order chi connectivity index (χ1) is 6.12. The summed E-state index contributed by atoms with van der Waals surface area (Å²) in [6.45, 7) is 7.63. The van der Waals surface area contributed by atoms with Gasteiger partial charge in [0.05, 0.1) is 5.75 Å². The summed E-state index contributed by atoms with van der Waals surface area (Å²) in [5, 5.41) is 3.11. The summed E-state index contributed by atoms with van der Waals surface area (Å²) in [5.74, 6) is -0.00575. The van der Waals surface area contributed by atoms with E-state index in [4.69, 9.17) is 0 Å². The van der Waals surface area contributed by atoms with Crippen molar-refractivity contribution >= 4 is 10.0 Å². The quantitative estimate of drug-likeness (QED) is 0.437. The number of hydrogen-bond donors (Lipinski definition) is 2. The van der Waals surface area contributed by atoms with E-state index in [0.717, 1.165) is 19.5 Å². The molecule has 2 N–H and O–H groups in total. The third-order valence-electron chi connectivity index (χ3n) is 1.44. The Morgan fingerprint density at radius 2 is 2.08 bits per heavy atom. The predicted molar refractivity (Wildman–Crippen MR) is 55.1 cm³/mol. The molecule has 0 spiro atoms. The highest BCUT2D eigenvalue weighted by Gasteiger charge is 2.04. The summed E-state index contributed by atoms with van der Waals surface area (Å²) >= 11 is 0. The maximum absolute atomic E-state index is 11.1. The molecular formula is C8H18N2O2S. The summed E-state index contributed by atoms with van der Waals surface area (Å²) in [6.07, 6.45) is 2.19. The van der Waals surface area contributed by atoms with E-state index in [0.29, 0.717) is 6.54 Å². The SMILES string of the molecule is C=CCS(=O)(=O)NCCCNCC. The third kappa shape index (κ3) is 7.95. The van der Waals surface area contributed by atoms with Gasteiger partial charge in [-0.15, -0.1) is 6.58 Å². The predicted octanol–water partition coefficient (Wildman–Crippen LogP) is 0.0914. The van der Waals surface area contributed by atoms with Crippen LogP contribution in [0.25, 0.3) is 0 Å². The molecule has 0 atom stereocenters. The molecule has 0 heterocycles. The monoisotopic (exact) mass is 206 g/mol. The van der Waals surface area contributed by atoms with Crippen LogP contribution in [0, 0.1) is 0 Å². The van der Waals surface area contributed by atoms with Crippen LogP contribution >= 0.6 is 0 Å². The van der Waals surface area contributed by atoms with E-state index in [1.54, 1.807) is 0 Å². The van der Waals surface area contributed by atoms with Gasteiger partial charge in [0, 0.05) is 6.54 Å². The molecule has 0 amide bonds. The normalized spacial score (nSPS) is 11.5. The number of nitrogens with one attached hydrogen (secondary N) is 2. The zero-order chi connectivity index (χ0) is 10.2. The lowest BCUT2D eigenvalue weighted by molar-refractivity contribution is 0.578. The fourth-order valence-electron chi connectivity index (χ4n) is 0.832. The largest absolute Gasteiger partial charge is 0.317 e. The molecule has 0 unspecified atom stereocenters. The van der Waals surface area contributed by atoms with Gasteiger partial charge in [-0.25, -0.2) is 13.1 Å². The summed E-state index contributed by atoms with van der Waals surface area (Å²) in [5.41, 5.74) is 0. The van der Waals surface area contributed by atoms with E-state index in [1.165, 1.54) is 6.08 Å². The molecule has 0 aromatic carbocycles. The Morgan fingerprint density at radius 3 is 2.62 bits per heavy atom. The molecule has 0 bridgehead atoms. The van der Waals surface area contributed by atoms with E-state index < -0.39 is 10.0 Å². The van der Waals surface area contributed by atoms with E-state index in [1.807, 2.05) is 6.92 Å². The lowest BCUT2D eigenvalue weighted by Crippen LogP contribution is -2.28. The topological polar surface area (TPSA) is 58.2 Å². The molecule has 78 valence electrons. The molecule has 0 rings (SSSR count). The molecule has 5 heteroatoms. The zero-order valence-corrected chi connectivity index (χ0v) is 8.86. The molecule has 0 aliphatic carbocycles. The molecule has 0 aromatic heterocycles. The van der Waals surface area contributed by atoms with Gasteiger partial charge in [0.2, 0.25) is 10.0 Å². The Morgan fingerprint density at radius 1 is 1.38 bits per heavy atom. The van der Waals surface area contributed by atoms with Gasteiger partial charge >= 0.3 is 0 Å². The van der Waals surface area contributed by atoms with Crippen LogP contribution in [0.5, 0.6) is 0 Å². The van der Waals surface area contributed by atoms with Crippen molar-refractivity contribution in [3.05, 3.63) is 12.7 Å². The molecule has 0 saturated heterocycles. The van der Waals surface area contributed by atoms with Crippen LogP contribution in [-0.4, -0.2) is 33.8 Å². The van der Waals surface area contributed by atoms with Gasteiger partial charge < -0.3 is 5.32 Å². The Bertz CT molecular complexity index is 224. The molecule has 0 radical (unpaired) electrons. The van der Waals surface area contributed by atoms with E-state index in [2.05, 4.69) is 16.6 Å². The highest BCUT2D eigenvalue weighted by atomic mass is 32.2. The Labute approximate surface area is 80.5 Å². The Kier molecular flexibility index (Phi) is 6.84. The molecule has 0 aliphatic heterocycles. The minimum atomic E-state index is -3.11. The van der Waals surface area contributed by atoms with Crippen LogP contribution in [0.15, 0.2) is 12.7 Å². The van der Waals surface area contributed by atoms with Crippen LogP contribution in [0.3, 0.4) is 0 Å². The van der Waals surface area contributed by atoms with Gasteiger partial charge in [0.1, 0.15) is 0 Å². The van der Waals surface area contributed by atoms with Crippen molar-refractivity contribution in [1.29, 1.82) is 0 Å². The maximum Gasteiger partial charge on any atom is 0.215 e. The first kappa shape index (κ1) is 12.6. The molecule has 0 aliphatic rings. The second kappa shape index (κ2) is 7.06. The van der Waals surface area contributed by atoms with Gasteiger partial charge in [-0.2, -0.15) is 0 Å². The molecule has 0 fully saturated rings. The zero-order valence-electron chi connectivity index (χ0n) is 8.04. The second-order valence-electron chi connectivity index (χ2n) is 2.67. The summed E-state index contributed by atoms with van der Waals surface area (Å²) in [4.78, 5) is 0. The van der Waals surface area contributed by atoms with E-state index >= 15 is 0 Å². The van der Waals surface area contributed by atoms with E-state index in [-0.39, 0.29) is 5.75 Å². The maximum atomic E-state index is 11.1. The number of rotatable bonds is 8. The van der Waals surface area contributed by atoms with Crippen LogP contribution in [0.1, 0.15) is 13.3 Å². The Balaban J connectivity index is 3.46. The van der Waals surface area contributed by atoms with Crippen molar-refractivity contribution in [1.82, 2.24) is 10.0 Å². The molecular weight excluding hydrogens is 188 g/mol. The fraction of sp³-hybridized carbons (Fsp3) is 0.750. The fourth-order valence-corrected chi connectivity index (χ4v) is 1.72. The summed E-state index contributed by atoms with van der Waals surface area (Å²) < 4.78 is 24.6. The standard InChI is InChI=1S/C8H18N2O2S/c1-3-8-13(11,12)10-7-5-6-9-4-2/h3,9-10H,1,4-8H2,2H3. The van der Waals surface area contributed by atoms with Gasteiger partial charge in [-0.3, -0.25) is 0 Å². The highest BCUT2D eigenvalue weighted by Crippen LogP contribution is 1.84. The van der Waals surface area contributed by atoms with Crippen molar-refractivity contribution in [2.24, 2.45) is 0 Å². The molecule has 13 heavy (non-hydrogen) atoms. The van der Waals surface area contributed by atoms with Crippen molar-refractivity contribution in [2.75, 3.05) is 25.4 Å². The highest BCUT2D eigenvalue weighted by molar-refractivity contribution is 7.89. The van der Waals surface area contributed by atoms with Gasteiger partial charge in [0.25, 0.3) is 0 Å².